The number of benzene rings is 1. The predicted molar refractivity (Wildman–Crippen MR) is 93.1 cm³/mol. The molecule has 1 N–H and O–H groups in total. The zero-order chi connectivity index (χ0) is 21.6. The number of anilines is 1. The normalized spacial score (nSPS) is 10.9. The van der Waals surface area contributed by atoms with Gasteiger partial charge in [-0.25, -0.2) is 4.79 Å². The lowest BCUT2D eigenvalue weighted by molar-refractivity contribution is -0.148. The first-order chi connectivity index (χ1) is 13.6. The van der Waals surface area contributed by atoms with Gasteiger partial charge in [-0.05, 0) is 30.3 Å². The Hall–Kier alpha value is -3.63. The number of alkyl halides is 3. The lowest BCUT2D eigenvalue weighted by atomic mass is 10.2. The van der Waals surface area contributed by atoms with E-state index >= 15 is 0 Å². The van der Waals surface area contributed by atoms with Crippen LogP contribution in [0.25, 0.3) is 0 Å². The second-order valence-corrected chi connectivity index (χ2v) is 5.66. The SMILES string of the molecule is COC(=O)c1ccc(NC(=O)COC(=O)Cn2cc(C(F)(F)F)ccc2=O)cc1. The highest BCUT2D eigenvalue weighted by atomic mass is 19.4. The summed E-state index contributed by atoms with van der Waals surface area (Å²) < 4.78 is 47.8. The van der Waals surface area contributed by atoms with Gasteiger partial charge >= 0.3 is 18.1 Å². The average molecular weight is 412 g/mol. The van der Waals surface area contributed by atoms with E-state index in [0.29, 0.717) is 28.6 Å². The number of halogens is 3. The molecule has 2 aromatic rings. The number of methoxy groups -OCH3 is 1. The number of esters is 2. The van der Waals surface area contributed by atoms with E-state index in [9.17, 15) is 32.3 Å². The number of aromatic nitrogens is 1. The van der Waals surface area contributed by atoms with Crippen LogP contribution in [-0.2, 0) is 31.8 Å². The van der Waals surface area contributed by atoms with Gasteiger partial charge in [0, 0.05) is 18.0 Å². The Bertz CT molecular complexity index is 967. The van der Waals surface area contributed by atoms with Crippen LogP contribution in [0.15, 0.2) is 47.4 Å². The van der Waals surface area contributed by atoms with Crippen LogP contribution in [0.5, 0.6) is 0 Å². The Morgan fingerprint density at radius 3 is 2.31 bits per heavy atom. The molecular weight excluding hydrogens is 397 g/mol. The first-order valence-corrected chi connectivity index (χ1v) is 8.01. The van der Waals surface area contributed by atoms with Crippen molar-refractivity contribution in [3.8, 4) is 0 Å². The molecule has 0 unspecified atom stereocenters. The van der Waals surface area contributed by atoms with E-state index in [-0.39, 0.29) is 5.56 Å². The maximum Gasteiger partial charge on any atom is 0.417 e. The minimum absolute atomic E-state index is 0.267. The van der Waals surface area contributed by atoms with Crippen LogP contribution in [0.3, 0.4) is 0 Å². The number of nitrogens with zero attached hydrogens (tertiary/aromatic N) is 1. The van der Waals surface area contributed by atoms with Crippen molar-refractivity contribution in [2.75, 3.05) is 19.0 Å². The van der Waals surface area contributed by atoms with Crippen LogP contribution in [0.4, 0.5) is 18.9 Å². The van der Waals surface area contributed by atoms with Crippen molar-refractivity contribution in [3.05, 3.63) is 64.1 Å². The van der Waals surface area contributed by atoms with Crippen molar-refractivity contribution >= 4 is 23.5 Å². The molecule has 0 fully saturated rings. The molecule has 0 spiro atoms. The van der Waals surface area contributed by atoms with Crippen molar-refractivity contribution in [2.24, 2.45) is 0 Å². The molecule has 1 aromatic carbocycles. The van der Waals surface area contributed by atoms with E-state index in [1.807, 2.05) is 0 Å². The molecular formula is C18H15F3N2O6. The molecule has 0 bridgehead atoms. The van der Waals surface area contributed by atoms with Crippen LogP contribution >= 0.6 is 0 Å². The Morgan fingerprint density at radius 1 is 1.07 bits per heavy atom. The molecule has 0 aliphatic heterocycles. The van der Waals surface area contributed by atoms with Gasteiger partial charge in [0.2, 0.25) is 0 Å². The van der Waals surface area contributed by atoms with Crippen LogP contribution < -0.4 is 10.9 Å². The third-order valence-electron chi connectivity index (χ3n) is 3.56. The molecule has 0 saturated carbocycles. The van der Waals surface area contributed by atoms with E-state index < -0.39 is 48.3 Å². The summed E-state index contributed by atoms with van der Waals surface area (Å²) in [5.74, 6) is -2.34. The number of hydrogen-bond acceptors (Lipinski definition) is 6. The lowest BCUT2D eigenvalue weighted by Gasteiger charge is -2.11. The molecule has 1 aromatic heterocycles. The number of rotatable bonds is 6. The van der Waals surface area contributed by atoms with Crippen LogP contribution in [0, 0.1) is 0 Å². The standard InChI is InChI=1S/C18H15F3N2O6/c1-28-17(27)11-2-5-13(6-3-11)22-14(24)10-29-16(26)9-23-8-12(18(19,20)21)4-7-15(23)25/h2-8H,9-10H2,1H3,(H,22,24). The van der Waals surface area contributed by atoms with Crippen LogP contribution in [0.2, 0.25) is 0 Å². The average Bonchev–Trinajstić information content (AvgIpc) is 2.67. The molecule has 11 heteroatoms. The van der Waals surface area contributed by atoms with Crippen molar-refractivity contribution in [2.45, 2.75) is 12.7 Å². The topological polar surface area (TPSA) is 104 Å². The highest BCUT2D eigenvalue weighted by molar-refractivity contribution is 5.94. The van der Waals surface area contributed by atoms with Gasteiger partial charge in [0.1, 0.15) is 6.54 Å². The summed E-state index contributed by atoms with van der Waals surface area (Å²) in [5.41, 5.74) is -1.35. The largest absolute Gasteiger partial charge is 0.465 e. The molecule has 1 amide bonds. The molecule has 1 heterocycles. The first-order valence-electron chi connectivity index (χ1n) is 8.01. The highest BCUT2D eigenvalue weighted by Gasteiger charge is 2.31. The summed E-state index contributed by atoms with van der Waals surface area (Å²) >= 11 is 0. The number of pyridine rings is 1. The van der Waals surface area contributed by atoms with Gasteiger partial charge in [0.05, 0.1) is 18.2 Å². The summed E-state index contributed by atoms with van der Waals surface area (Å²) in [6.45, 7) is -1.50. The van der Waals surface area contributed by atoms with E-state index in [2.05, 4.69) is 14.8 Å². The monoisotopic (exact) mass is 412 g/mol. The van der Waals surface area contributed by atoms with E-state index in [1.54, 1.807) is 0 Å². The Labute approximate surface area is 161 Å². The fourth-order valence-corrected chi connectivity index (χ4v) is 2.16. The van der Waals surface area contributed by atoms with E-state index in [4.69, 9.17) is 0 Å². The second-order valence-electron chi connectivity index (χ2n) is 5.66. The smallest absolute Gasteiger partial charge is 0.417 e. The van der Waals surface area contributed by atoms with Crippen molar-refractivity contribution in [1.82, 2.24) is 4.57 Å². The summed E-state index contributed by atoms with van der Waals surface area (Å²) in [6.07, 6.45) is -4.19. The second kappa shape index (κ2) is 9.04. The van der Waals surface area contributed by atoms with Crippen molar-refractivity contribution < 1.29 is 37.0 Å². The number of carbonyl (C=O) groups excluding carboxylic acids is 3. The van der Waals surface area contributed by atoms with Crippen molar-refractivity contribution in [3.63, 3.8) is 0 Å². The number of ether oxygens (including phenoxy) is 2. The van der Waals surface area contributed by atoms with Gasteiger partial charge in [-0.2, -0.15) is 13.2 Å². The molecule has 154 valence electrons. The maximum atomic E-state index is 12.7. The van der Waals surface area contributed by atoms with Gasteiger partial charge in [0.15, 0.2) is 6.61 Å². The minimum atomic E-state index is -4.68. The van der Waals surface area contributed by atoms with Gasteiger partial charge in [0.25, 0.3) is 11.5 Å². The minimum Gasteiger partial charge on any atom is -0.465 e. The van der Waals surface area contributed by atoms with E-state index in [0.717, 1.165) is 0 Å². The number of nitrogens with one attached hydrogen (secondary N) is 1. The van der Waals surface area contributed by atoms with E-state index in [1.165, 1.54) is 31.4 Å². The van der Waals surface area contributed by atoms with Gasteiger partial charge in [-0.3, -0.25) is 14.4 Å². The van der Waals surface area contributed by atoms with Crippen LogP contribution in [-0.4, -0.2) is 36.1 Å². The number of hydrogen-bond donors (Lipinski definition) is 1. The Balaban J connectivity index is 1.90. The molecule has 0 aliphatic carbocycles. The molecule has 2 rings (SSSR count). The van der Waals surface area contributed by atoms with Crippen molar-refractivity contribution in [1.29, 1.82) is 0 Å². The fourth-order valence-electron chi connectivity index (χ4n) is 2.16. The Morgan fingerprint density at radius 2 is 1.72 bits per heavy atom. The van der Waals surface area contributed by atoms with Crippen LogP contribution in [0.1, 0.15) is 15.9 Å². The summed E-state index contributed by atoms with van der Waals surface area (Å²) in [6, 6.07) is 6.95. The molecule has 8 nitrogen and oxygen atoms in total. The van der Waals surface area contributed by atoms with Gasteiger partial charge in [-0.1, -0.05) is 0 Å². The first kappa shape index (κ1) is 21.7. The molecule has 0 aliphatic rings. The maximum absolute atomic E-state index is 12.7. The molecule has 0 saturated heterocycles. The molecule has 0 atom stereocenters. The third-order valence-corrected chi connectivity index (χ3v) is 3.56. The summed E-state index contributed by atoms with van der Waals surface area (Å²) in [7, 11) is 1.22. The number of amides is 1. The zero-order valence-electron chi connectivity index (χ0n) is 15.0. The highest BCUT2D eigenvalue weighted by Crippen LogP contribution is 2.27. The Kier molecular flexibility index (Phi) is 6.75. The summed E-state index contributed by atoms with van der Waals surface area (Å²) in [4.78, 5) is 46.4. The van der Waals surface area contributed by atoms with Gasteiger partial charge < -0.3 is 19.4 Å². The summed E-state index contributed by atoms with van der Waals surface area (Å²) in [5, 5.41) is 2.40. The fraction of sp³-hybridized carbons (Fsp3) is 0.222. The lowest BCUT2D eigenvalue weighted by Crippen LogP contribution is -2.28. The quantitative estimate of drug-likeness (QED) is 0.727. The number of carbonyl (C=O) groups is 3. The predicted octanol–water partition coefficient (Wildman–Crippen LogP) is 1.84. The zero-order valence-corrected chi connectivity index (χ0v) is 15.0. The molecule has 0 radical (unpaired) electrons. The van der Waals surface area contributed by atoms with Gasteiger partial charge in [-0.15, -0.1) is 0 Å². The molecule has 29 heavy (non-hydrogen) atoms. The third kappa shape index (κ3) is 6.19.